The SMILES string of the molecule is CN1CC(=O)N2CCN(C(=O)Oc3ccc(Cl)cc3)C[C@@H]2C1=O. The third kappa shape index (κ3) is 3.10. The van der Waals surface area contributed by atoms with Crippen molar-refractivity contribution in [3.05, 3.63) is 29.3 Å². The highest BCUT2D eigenvalue weighted by Crippen LogP contribution is 2.20. The summed E-state index contributed by atoms with van der Waals surface area (Å²) in [5, 5.41) is 0.549. The lowest BCUT2D eigenvalue weighted by atomic mass is 10.1. The number of halogens is 1. The number of piperazine rings is 2. The van der Waals surface area contributed by atoms with Crippen LogP contribution in [0.2, 0.25) is 5.02 Å². The number of benzene rings is 1. The molecule has 2 heterocycles. The van der Waals surface area contributed by atoms with E-state index in [-0.39, 0.29) is 24.9 Å². The predicted octanol–water partition coefficient (Wildman–Crippen LogP) is 0.824. The normalized spacial score (nSPS) is 21.3. The fourth-order valence-electron chi connectivity index (χ4n) is 2.75. The molecule has 2 aliphatic rings. The van der Waals surface area contributed by atoms with E-state index in [2.05, 4.69) is 0 Å². The number of carbonyl (C=O) groups excluding carboxylic acids is 3. The first kappa shape index (κ1) is 15.6. The van der Waals surface area contributed by atoms with Crippen LogP contribution in [0.4, 0.5) is 4.79 Å². The standard InChI is InChI=1S/C15H16ClN3O4/c1-17-9-13(20)19-7-6-18(8-12(19)14(17)21)15(22)23-11-4-2-10(16)3-5-11/h2-5,12H,6-9H2,1H3/t12-/m1/s1. The molecule has 0 aliphatic carbocycles. The van der Waals surface area contributed by atoms with Gasteiger partial charge in [-0.3, -0.25) is 9.59 Å². The van der Waals surface area contributed by atoms with Crippen molar-refractivity contribution < 1.29 is 19.1 Å². The molecule has 1 aromatic carbocycles. The van der Waals surface area contributed by atoms with E-state index in [1.807, 2.05) is 0 Å². The van der Waals surface area contributed by atoms with Crippen LogP contribution in [0.3, 0.4) is 0 Å². The van der Waals surface area contributed by atoms with Gasteiger partial charge in [-0.1, -0.05) is 11.6 Å². The molecule has 122 valence electrons. The monoisotopic (exact) mass is 337 g/mol. The van der Waals surface area contributed by atoms with Crippen molar-refractivity contribution in [2.24, 2.45) is 0 Å². The maximum absolute atomic E-state index is 12.2. The molecule has 2 fully saturated rings. The second-order valence-electron chi connectivity index (χ2n) is 5.57. The highest BCUT2D eigenvalue weighted by atomic mass is 35.5. The van der Waals surface area contributed by atoms with E-state index in [1.54, 1.807) is 31.3 Å². The van der Waals surface area contributed by atoms with Crippen molar-refractivity contribution >= 4 is 29.5 Å². The minimum absolute atomic E-state index is 0.0879. The van der Waals surface area contributed by atoms with Crippen LogP contribution in [0.1, 0.15) is 0 Å². The molecule has 3 rings (SSSR count). The van der Waals surface area contributed by atoms with E-state index in [9.17, 15) is 14.4 Å². The van der Waals surface area contributed by atoms with Gasteiger partial charge in [-0.25, -0.2) is 4.79 Å². The van der Waals surface area contributed by atoms with Gasteiger partial charge in [0, 0.05) is 25.2 Å². The number of amides is 3. The molecule has 0 spiro atoms. The van der Waals surface area contributed by atoms with Crippen LogP contribution in [0.15, 0.2) is 24.3 Å². The maximum atomic E-state index is 12.2. The second kappa shape index (κ2) is 6.08. The first-order chi connectivity index (χ1) is 11.0. The highest BCUT2D eigenvalue weighted by molar-refractivity contribution is 6.30. The van der Waals surface area contributed by atoms with Crippen LogP contribution in [-0.2, 0) is 9.59 Å². The topological polar surface area (TPSA) is 70.2 Å². The molecule has 8 heteroatoms. The van der Waals surface area contributed by atoms with Gasteiger partial charge >= 0.3 is 6.09 Å². The lowest BCUT2D eigenvalue weighted by Crippen LogP contribution is -2.66. The highest BCUT2D eigenvalue weighted by Gasteiger charge is 2.42. The molecule has 1 atom stereocenters. The van der Waals surface area contributed by atoms with Gasteiger partial charge in [0.05, 0.1) is 13.1 Å². The molecular weight excluding hydrogens is 322 g/mol. The largest absolute Gasteiger partial charge is 0.415 e. The van der Waals surface area contributed by atoms with Crippen LogP contribution >= 0.6 is 11.6 Å². The minimum Gasteiger partial charge on any atom is -0.410 e. The molecular formula is C15H16ClN3O4. The fraction of sp³-hybridized carbons (Fsp3) is 0.400. The van der Waals surface area contributed by atoms with Crippen molar-refractivity contribution in [2.45, 2.75) is 6.04 Å². The van der Waals surface area contributed by atoms with Gasteiger partial charge in [-0.15, -0.1) is 0 Å². The van der Waals surface area contributed by atoms with Crippen molar-refractivity contribution in [1.29, 1.82) is 0 Å². The van der Waals surface area contributed by atoms with Crippen LogP contribution in [0.5, 0.6) is 5.75 Å². The fourth-order valence-corrected chi connectivity index (χ4v) is 2.88. The molecule has 1 aromatic rings. The Bertz CT molecular complexity index is 649. The van der Waals surface area contributed by atoms with Gasteiger partial charge in [0.1, 0.15) is 11.8 Å². The summed E-state index contributed by atoms with van der Waals surface area (Å²) >= 11 is 5.79. The third-order valence-electron chi connectivity index (χ3n) is 4.01. The summed E-state index contributed by atoms with van der Waals surface area (Å²) in [6.07, 6.45) is -0.541. The molecule has 0 bridgehead atoms. The Labute approximate surface area is 138 Å². The van der Waals surface area contributed by atoms with Gasteiger partial charge in [0.2, 0.25) is 11.8 Å². The Morgan fingerprint density at radius 2 is 1.91 bits per heavy atom. The Morgan fingerprint density at radius 3 is 2.61 bits per heavy atom. The summed E-state index contributed by atoms with van der Waals surface area (Å²) in [4.78, 5) is 40.8. The van der Waals surface area contributed by atoms with Gasteiger partial charge in [-0.2, -0.15) is 0 Å². The second-order valence-corrected chi connectivity index (χ2v) is 6.00. The lowest BCUT2D eigenvalue weighted by Gasteiger charge is -2.44. The van der Waals surface area contributed by atoms with Gasteiger partial charge < -0.3 is 19.4 Å². The third-order valence-corrected chi connectivity index (χ3v) is 4.26. The molecule has 23 heavy (non-hydrogen) atoms. The number of ether oxygens (including phenoxy) is 1. The van der Waals surface area contributed by atoms with Crippen LogP contribution in [0, 0.1) is 0 Å². The number of carbonyl (C=O) groups is 3. The summed E-state index contributed by atoms with van der Waals surface area (Å²) in [6.45, 7) is 0.899. The molecule has 0 aromatic heterocycles. The maximum Gasteiger partial charge on any atom is 0.415 e. The van der Waals surface area contributed by atoms with Gasteiger partial charge in [0.15, 0.2) is 0 Å². The number of rotatable bonds is 1. The van der Waals surface area contributed by atoms with E-state index >= 15 is 0 Å². The van der Waals surface area contributed by atoms with Crippen molar-refractivity contribution in [2.75, 3.05) is 33.2 Å². The molecule has 0 saturated carbocycles. The van der Waals surface area contributed by atoms with Crippen molar-refractivity contribution in [1.82, 2.24) is 14.7 Å². The minimum atomic E-state index is -0.632. The van der Waals surface area contributed by atoms with E-state index in [1.165, 1.54) is 14.7 Å². The first-order valence-electron chi connectivity index (χ1n) is 7.22. The number of nitrogens with zero attached hydrogens (tertiary/aromatic N) is 3. The molecule has 2 saturated heterocycles. The average molecular weight is 338 g/mol. The zero-order valence-corrected chi connectivity index (χ0v) is 13.3. The number of hydrogen-bond acceptors (Lipinski definition) is 4. The number of likely N-dealkylation sites (N-methyl/N-ethyl adjacent to an activating group) is 1. The Morgan fingerprint density at radius 1 is 1.22 bits per heavy atom. The molecule has 7 nitrogen and oxygen atoms in total. The van der Waals surface area contributed by atoms with E-state index in [0.717, 1.165) is 0 Å². The first-order valence-corrected chi connectivity index (χ1v) is 7.60. The zero-order valence-electron chi connectivity index (χ0n) is 12.6. The number of fused-ring (bicyclic) bond motifs is 1. The van der Waals surface area contributed by atoms with Gasteiger partial charge in [0.25, 0.3) is 0 Å². The molecule has 0 N–H and O–H groups in total. The van der Waals surface area contributed by atoms with E-state index in [0.29, 0.717) is 23.9 Å². The predicted molar refractivity (Wildman–Crippen MR) is 82.2 cm³/mol. The quantitative estimate of drug-likeness (QED) is 0.761. The summed E-state index contributed by atoms with van der Waals surface area (Å²) in [5.41, 5.74) is 0. The Kier molecular flexibility index (Phi) is 4.12. The molecule has 0 radical (unpaired) electrons. The van der Waals surface area contributed by atoms with Crippen molar-refractivity contribution in [3.8, 4) is 5.75 Å². The Hall–Kier alpha value is -2.28. The number of hydrogen-bond donors (Lipinski definition) is 0. The smallest absolute Gasteiger partial charge is 0.410 e. The lowest BCUT2D eigenvalue weighted by molar-refractivity contribution is -0.157. The molecule has 2 aliphatic heterocycles. The zero-order chi connectivity index (χ0) is 16.6. The van der Waals surface area contributed by atoms with Gasteiger partial charge in [-0.05, 0) is 24.3 Å². The summed E-state index contributed by atoms with van der Waals surface area (Å²) < 4.78 is 5.28. The summed E-state index contributed by atoms with van der Waals surface area (Å²) in [6, 6.07) is 5.81. The van der Waals surface area contributed by atoms with Crippen LogP contribution in [-0.4, -0.2) is 71.9 Å². The molecule has 0 unspecified atom stereocenters. The average Bonchev–Trinajstić information content (AvgIpc) is 2.54. The summed E-state index contributed by atoms with van der Waals surface area (Å²) in [5.74, 6) is 0.126. The van der Waals surface area contributed by atoms with Crippen LogP contribution in [0.25, 0.3) is 0 Å². The summed E-state index contributed by atoms with van der Waals surface area (Å²) in [7, 11) is 1.59. The molecule has 3 amide bonds. The van der Waals surface area contributed by atoms with Crippen molar-refractivity contribution in [3.63, 3.8) is 0 Å². The Balaban J connectivity index is 1.67. The van der Waals surface area contributed by atoms with Crippen LogP contribution < -0.4 is 4.74 Å². The van der Waals surface area contributed by atoms with E-state index < -0.39 is 12.1 Å². The van der Waals surface area contributed by atoms with E-state index in [4.69, 9.17) is 16.3 Å².